The quantitative estimate of drug-likeness (QED) is 0.167. The van der Waals surface area contributed by atoms with Crippen LogP contribution in [0.5, 0.6) is 5.75 Å². The van der Waals surface area contributed by atoms with E-state index in [-0.39, 0.29) is 53.5 Å². The minimum atomic E-state index is -1.91. The lowest BCUT2D eigenvalue weighted by Gasteiger charge is -2.39. The summed E-state index contributed by atoms with van der Waals surface area (Å²) >= 11 is 6.18. The van der Waals surface area contributed by atoms with Gasteiger partial charge in [-0.15, -0.1) is 0 Å². The Morgan fingerprint density at radius 2 is 1.93 bits per heavy atom. The molecule has 0 radical (unpaired) electrons. The van der Waals surface area contributed by atoms with E-state index in [1.54, 1.807) is 17.2 Å². The molecule has 1 atom stereocenters. The molecular formula is C30H42ClFN6O5Si. The van der Waals surface area contributed by atoms with E-state index in [1.807, 2.05) is 20.8 Å². The number of hydrogen-bond acceptors (Lipinski definition) is 8. The van der Waals surface area contributed by atoms with Crippen LogP contribution in [0.4, 0.5) is 15.0 Å². The van der Waals surface area contributed by atoms with Crippen LogP contribution in [-0.4, -0.2) is 82.8 Å². The van der Waals surface area contributed by atoms with Crippen molar-refractivity contribution in [1.82, 2.24) is 24.4 Å². The van der Waals surface area contributed by atoms with Gasteiger partial charge in [-0.3, -0.25) is 4.98 Å². The summed E-state index contributed by atoms with van der Waals surface area (Å²) in [4.78, 5) is 41.9. The highest BCUT2D eigenvalue weighted by molar-refractivity contribution is 6.74. The molecule has 44 heavy (non-hydrogen) atoms. The number of pyridine rings is 2. The molecule has 4 rings (SSSR count). The number of fused-ring (bicyclic) bond motifs is 1. The largest absolute Gasteiger partial charge is 0.491 e. The second-order valence-electron chi connectivity index (χ2n) is 13.0. The molecule has 3 aromatic heterocycles. The molecule has 0 aromatic carbocycles. The van der Waals surface area contributed by atoms with E-state index in [9.17, 15) is 19.1 Å². The summed E-state index contributed by atoms with van der Waals surface area (Å²) in [5.74, 6) is -0.267. The predicted octanol–water partition coefficient (Wildman–Crippen LogP) is 6.07. The van der Waals surface area contributed by atoms with Gasteiger partial charge in [0.05, 0.1) is 17.7 Å². The molecular weight excluding hydrogens is 607 g/mol. The van der Waals surface area contributed by atoms with Crippen LogP contribution in [0.25, 0.3) is 16.7 Å². The van der Waals surface area contributed by atoms with Crippen LogP contribution in [0, 0.1) is 5.82 Å². The van der Waals surface area contributed by atoms with E-state index >= 15 is 0 Å². The number of ether oxygens (including phenoxy) is 1. The molecule has 11 nitrogen and oxygen atoms in total. The molecule has 1 N–H and O–H groups in total. The minimum absolute atomic E-state index is 0.0923. The van der Waals surface area contributed by atoms with Crippen LogP contribution in [0.15, 0.2) is 23.1 Å². The van der Waals surface area contributed by atoms with E-state index in [2.05, 4.69) is 48.8 Å². The Hall–Kier alpha value is -3.29. The summed E-state index contributed by atoms with van der Waals surface area (Å²) in [5.41, 5.74) is 0.362. The molecule has 1 aliphatic heterocycles. The third-order valence-corrected chi connectivity index (χ3v) is 13.2. The van der Waals surface area contributed by atoms with Crippen molar-refractivity contribution in [2.75, 3.05) is 37.7 Å². The number of carbonyl (C=O) groups is 1. The van der Waals surface area contributed by atoms with E-state index < -0.39 is 31.1 Å². The van der Waals surface area contributed by atoms with Gasteiger partial charge >= 0.3 is 11.8 Å². The van der Waals surface area contributed by atoms with E-state index in [0.29, 0.717) is 36.8 Å². The first-order valence-electron chi connectivity index (χ1n) is 14.8. The van der Waals surface area contributed by atoms with Gasteiger partial charge < -0.3 is 24.1 Å². The number of anilines is 1. The zero-order chi connectivity index (χ0) is 32.6. The number of hydrogen-bond donors (Lipinski definition) is 1. The molecule has 0 spiro atoms. The Bertz CT molecular complexity index is 1590. The van der Waals surface area contributed by atoms with Crippen LogP contribution < -0.4 is 15.3 Å². The number of amides is 1. The zero-order valence-electron chi connectivity index (χ0n) is 26.6. The Labute approximate surface area is 263 Å². The van der Waals surface area contributed by atoms with Crippen LogP contribution in [0.3, 0.4) is 0 Å². The summed E-state index contributed by atoms with van der Waals surface area (Å²) in [6, 6.07) is 2.56. The molecule has 1 amide bonds. The average molecular weight is 649 g/mol. The van der Waals surface area contributed by atoms with E-state index in [1.165, 1.54) is 15.5 Å². The number of carboxylic acid groups (broad SMARTS) is 1. The first-order valence-corrected chi connectivity index (χ1v) is 18.1. The number of aromatic nitrogens is 4. The number of rotatable bonds is 9. The normalized spacial score (nSPS) is 16.2. The van der Waals surface area contributed by atoms with Gasteiger partial charge in [0, 0.05) is 51.0 Å². The van der Waals surface area contributed by atoms with Crippen molar-refractivity contribution >= 4 is 42.9 Å². The maximum atomic E-state index is 14.9. The first-order chi connectivity index (χ1) is 20.5. The van der Waals surface area contributed by atoms with Crippen molar-refractivity contribution < 1.29 is 23.5 Å². The number of piperazine rings is 1. The highest BCUT2D eigenvalue weighted by Crippen LogP contribution is 2.37. The van der Waals surface area contributed by atoms with Gasteiger partial charge in [0.1, 0.15) is 17.3 Å². The summed E-state index contributed by atoms with van der Waals surface area (Å²) in [7, 11) is -1.91. The summed E-state index contributed by atoms with van der Waals surface area (Å²) in [6.45, 7) is 18.2. The SMILES string of the molecule is CC(C)c1nccc(OCCCO[Si](C)(C)C(C)(C)C)c1-n1c(=O)nc(N2CCN(C(=O)O)C[C@@H]2C)c2cc(F)c(Cl)nc21. The first kappa shape index (κ1) is 33.6. The zero-order valence-corrected chi connectivity index (χ0v) is 28.4. The van der Waals surface area contributed by atoms with Gasteiger partial charge in [0.25, 0.3) is 0 Å². The lowest BCUT2D eigenvalue weighted by Crippen LogP contribution is -2.54. The second kappa shape index (κ2) is 13.0. The molecule has 0 unspecified atom stereocenters. The van der Waals surface area contributed by atoms with Crippen LogP contribution in [0.1, 0.15) is 59.6 Å². The van der Waals surface area contributed by atoms with Crippen molar-refractivity contribution in [3.05, 3.63) is 45.5 Å². The van der Waals surface area contributed by atoms with Crippen molar-refractivity contribution in [3.63, 3.8) is 0 Å². The van der Waals surface area contributed by atoms with Gasteiger partial charge in [-0.2, -0.15) is 4.98 Å². The van der Waals surface area contributed by atoms with Gasteiger partial charge in [-0.25, -0.2) is 23.5 Å². The van der Waals surface area contributed by atoms with Gasteiger partial charge in [-0.1, -0.05) is 46.2 Å². The Morgan fingerprint density at radius 1 is 1.23 bits per heavy atom. The standard InChI is InChI=1S/C30H42ClFN6O5Si/c1-18(2)23-24(22(10-11-33-23)42-14-9-15-43-44(7,8)30(4,5)6)38-27-20(16-21(32)25(31)34-27)26(35-28(38)39)37-13-12-36(29(40)41)17-19(37)3/h10-11,16,18-19H,9,12-15,17H2,1-8H3,(H,40,41)/t19-/m0/s1. The fraction of sp³-hybridized carbons (Fsp3) is 0.567. The molecule has 240 valence electrons. The van der Waals surface area contributed by atoms with Crippen LogP contribution in [-0.2, 0) is 4.43 Å². The molecule has 0 aliphatic carbocycles. The Balaban J connectivity index is 1.78. The van der Waals surface area contributed by atoms with E-state index in [0.717, 1.165) is 0 Å². The number of halogens is 2. The topological polar surface area (TPSA) is 123 Å². The van der Waals surface area contributed by atoms with E-state index in [4.69, 9.17) is 20.8 Å². The molecule has 4 heterocycles. The fourth-order valence-corrected chi connectivity index (χ4v) is 6.17. The molecule has 14 heteroatoms. The third-order valence-electron chi connectivity index (χ3n) is 8.43. The summed E-state index contributed by atoms with van der Waals surface area (Å²) in [5, 5.41) is 9.41. The predicted molar refractivity (Wildman–Crippen MR) is 172 cm³/mol. The van der Waals surface area contributed by atoms with Crippen molar-refractivity contribution in [2.45, 2.75) is 78.1 Å². The molecule has 1 aliphatic rings. The molecule has 1 fully saturated rings. The highest BCUT2D eigenvalue weighted by atomic mass is 35.5. The van der Waals surface area contributed by atoms with Gasteiger partial charge in [0.2, 0.25) is 0 Å². The third kappa shape index (κ3) is 6.84. The Kier molecular flexibility index (Phi) is 9.91. The molecule has 0 saturated carbocycles. The Morgan fingerprint density at radius 3 is 2.55 bits per heavy atom. The number of nitrogens with zero attached hydrogens (tertiary/aromatic N) is 6. The lowest BCUT2D eigenvalue weighted by atomic mass is 10.1. The van der Waals surface area contributed by atoms with Crippen LogP contribution >= 0.6 is 11.6 Å². The van der Waals surface area contributed by atoms with Crippen molar-refractivity contribution in [3.8, 4) is 11.4 Å². The maximum absolute atomic E-state index is 14.9. The minimum Gasteiger partial charge on any atom is -0.491 e. The summed E-state index contributed by atoms with van der Waals surface area (Å²) < 4.78 is 28.7. The van der Waals surface area contributed by atoms with Gasteiger partial charge in [0.15, 0.2) is 24.9 Å². The van der Waals surface area contributed by atoms with Crippen molar-refractivity contribution in [2.24, 2.45) is 0 Å². The van der Waals surface area contributed by atoms with Gasteiger partial charge in [-0.05, 0) is 37.0 Å². The van der Waals surface area contributed by atoms with Crippen molar-refractivity contribution in [1.29, 1.82) is 0 Å². The lowest BCUT2D eigenvalue weighted by molar-refractivity contribution is 0.136. The smallest absolute Gasteiger partial charge is 0.407 e. The summed E-state index contributed by atoms with van der Waals surface area (Å²) in [6.07, 6.45) is 1.23. The highest BCUT2D eigenvalue weighted by Gasteiger charge is 2.37. The molecule has 0 bridgehead atoms. The monoisotopic (exact) mass is 648 g/mol. The second-order valence-corrected chi connectivity index (χ2v) is 18.1. The van der Waals surface area contributed by atoms with Crippen LogP contribution in [0.2, 0.25) is 23.3 Å². The maximum Gasteiger partial charge on any atom is 0.407 e. The average Bonchev–Trinajstić information content (AvgIpc) is 2.93. The fourth-order valence-electron chi connectivity index (χ4n) is 4.95. The molecule has 1 saturated heterocycles. The molecule has 3 aromatic rings.